The average Bonchev–Trinajstić information content (AvgIpc) is 3.28. The molecule has 3 heterocycles. The Bertz CT molecular complexity index is 1460. The topological polar surface area (TPSA) is 86.9 Å². The number of carbonyl (C=O) groups excluding carboxylic acids is 2. The molecule has 1 N–H and O–H groups in total. The summed E-state index contributed by atoms with van der Waals surface area (Å²) in [6.07, 6.45) is -6.08. The molecule has 0 atom stereocenters. The van der Waals surface area contributed by atoms with Crippen molar-refractivity contribution in [1.82, 2.24) is 14.8 Å². The maximum Gasteiger partial charge on any atom is 0.417 e. The number of aliphatic hydroxyl groups is 1. The number of carbonyl (C=O) groups is 2. The summed E-state index contributed by atoms with van der Waals surface area (Å²) in [5.74, 6) is -1.96. The molecule has 2 fully saturated rings. The number of furan rings is 1. The number of hydrogen-bond acceptors (Lipinski definition) is 5. The van der Waals surface area contributed by atoms with Crippen molar-refractivity contribution in [3.05, 3.63) is 53.5 Å². The predicted octanol–water partition coefficient (Wildman–Crippen LogP) is 5.52. The van der Waals surface area contributed by atoms with Gasteiger partial charge in [-0.25, -0.2) is 9.37 Å². The number of piperazine rings is 1. The monoisotopic (exact) mass is 561 g/mol. The third kappa shape index (κ3) is 4.84. The van der Waals surface area contributed by atoms with Crippen LogP contribution in [0.2, 0.25) is 0 Å². The molecule has 3 aromatic rings. The summed E-state index contributed by atoms with van der Waals surface area (Å²) in [4.78, 5) is 34.3. The molecular weight excluding hydrogens is 530 g/mol. The number of hydrogen-bond donors (Lipinski definition) is 1. The van der Waals surface area contributed by atoms with Crippen LogP contribution >= 0.6 is 0 Å². The van der Waals surface area contributed by atoms with Crippen LogP contribution in [-0.4, -0.2) is 68.7 Å². The Kier molecular flexibility index (Phi) is 6.72. The number of pyridine rings is 1. The first-order valence-electron chi connectivity index (χ1n) is 13.2. The van der Waals surface area contributed by atoms with Crippen molar-refractivity contribution >= 4 is 22.9 Å². The molecule has 5 rings (SSSR count). The molecule has 40 heavy (non-hydrogen) atoms. The molecule has 1 saturated heterocycles. The summed E-state index contributed by atoms with van der Waals surface area (Å²) < 4.78 is 58.5. The van der Waals surface area contributed by atoms with Gasteiger partial charge in [0, 0.05) is 42.7 Å². The van der Waals surface area contributed by atoms with Crippen LogP contribution < -0.4 is 0 Å². The molecule has 11 heteroatoms. The Hall–Kier alpha value is -3.47. The van der Waals surface area contributed by atoms with Crippen LogP contribution in [0, 0.1) is 11.7 Å². The summed E-state index contributed by atoms with van der Waals surface area (Å²) in [5, 5.41) is 9.74. The second-order valence-corrected chi connectivity index (χ2v) is 11.7. The summed E-state index contributed by atoms with van der Waals surface area (Å²) in [5.41, 5.74) is -0.487. The Morgan fingerprint density at radius 3 is 2.33 bits per heavy atom. The van der Waals surface area contributed by atoms with Crippen molar-refractivity contribution in [3.63, 3.8) is 0 Å². The molecule has 2 amide bonds. The zero-order valence-corrected chi connectivity index (χ0v) is 22.7. The summed E-state index contributed by atoms with van der Waals surface area (Å²) in [7, 11) is 0. The standard InChI is InChI=1S/C29H31F4N3O4/c1-16(2)20-11-21(17-5-7-19(30)8-6-17)34-22-12-23(40-24(20)22)26(38)36-10-9-35(15-27(36,3)4)25(37)18-13-28(39,14-18)29(31,32)33/h5-8,11-12,16,18,39H,9-10,13-15H2,1-4H3/t18-,28-. The molecule has 214 valence electrons. The highest BCUT2D eigenvalue weighted by Crippen LogP contribution is 2.49. The van der Waals surface area contributed by atoms with Crippen LogP contribution in [0.5, 0.6) is 0 Å². The molecule has 0 bridgehead atoms. The van der Waals surface area contributed by atoms with E-state index in [0.29, 0.717) is 16.8 Å². The van der Waals surface area contributed by atoms with E-state index < -0.39 is 42.0 Å². The molecule has 1 aliphatic heterocycles. The van der Waals surface area contributed by atoms with E-state index in [0.717, 1.165) is 11.1 Å². The first-order valence-corrected chi connectivity index (χ1v) is 13.2. The first kappa shape index (κ1) is 28.1. The lowest BCUT2D eigenvalue weighted by atomic mass is 9.69. The van der Waals surface area contributed by atoms with Crippen molar-refractivity contribution < 1.29 is 36.7 Å². The van der Waals surface area contributed by atoms with Gasteiger partial charge >= 0.3 is 6.18 Å². The second kappa shape index (κ2) is 9.57. The highest BCUT2D eigenvalue weighted by atomic mass is 19.4. The number of nitrogens with zero attached hydrogens (tertiary/aromatic N) is 3. The van der Waals surface area contributed by atoms with Crippen LogP contribution in [0.1, 0.15) is 62.6 Å². The first-order chi connectivity index (χ1) is 18.6. The van der Waals surface area contributed by atoms with Crippen molar-refractivity contribution in [2.24, 2.45) is 5.92 Å². The van der Waals surface area contributed by atoms with E-state index in [1.54, 1.807) is 36.9 Å². The van der Waals surface area contributed by atoms with E-state index in [1.807, 2.05) is 19.9 Å². The molecular formula is C29H31F4N3O4. The van der Waals surface area contributed by atoms with Crippen LogP contribution in [0.3, 0.4) is 0 Å². The van der Waals surface area contributed by atoms with Crippen LogP contribution in [0.25, 0.3) is 22.4 Å². The van der Waals surface area contributed by atoms with E-state index in [-0.39, 0.29) is 43.0 Å². The van der Waals surface area contributed by atoms with E-state index in [4.69, 9.17) is 4.42 Å². The van der Waals surface area contributed by atoms with Crippen molar-refractivity contribution in [2.75, 3.05) is 19.6 Å². The fourth-order valence-corrected chi connectivity index (χ4v) is 5.62. The Morgan fingerprint density at radius 2 is 1.75 bits per heavy atom. The van der Waals surface area contributed by atoms with E-state index >= 15 is 0 Å². The second-order valence-electron chi connectivity index (χ2n) is 11.7. The summed E-state index contributed by atoms with van der Waals surface area (Å²) in [6, 6.07) is 9.43. The lowest BCUT2D eigenvalue weighted by Crippen LogP contribution is -2.65. The Morgan fingerprint density at radius 1 is 1.10 bits per heavy atom. The largest absolute Gasteiger partial charge is 0.449 e. The normalized spacial score (nSPS) is 23.0. The fraction of sp³-hybridized carbons (Fsp3) is 0.483. The number of fused-ring (bicyclic) bond motifs is 1. The van der Waals surface area contributed by atoms with Crippen LogP contribution in [-0.2, 0) is 4.79 Å². The van der Waals surface area contributed by atoms with Gasteiger partial charge in [0.1, 0.15) is 11.3 Å². The van der Waals surface area contributed by atoms with Gasteiger partial charge in [0.15, 0.2) is 16.9 Å². The lowest BCUT2D eigenvalue weighted by molar-refractivity contribution is -0.297. The molecule has 0 spiro atoms. The summed E-state index contributed by atoms with van der Waals surface area (Å²) >= 11 is 0. The molecule has 1 saturated carbocycles. The van der Waals surface area contributed by atoms with Gasteiger partial charge in [-0.1, -0.05) is 13.8 Å². The van der Waals surface area contributed by atoms with Crippen molar-refractivity contribution in [2.45, 2.75) is 63.8 Å². The van der Waals surface area contributed by atoms with Gasteiger partial charge in [0.05, 0.1) is 11.2 Å². The van der Waals surface area contributed by atoms with Crippen molar-refractivity contribution in [1.29, 1.82) is 0 Å². The predicted molar refractivity (Wildman–Crippen MR) is 139 cm³/mol. The molecule has 2 aromatic heterocycles. The minimum atomic E-state index is -4.77. The fourth-order valence-electron chi connectivity index (χ4n) is 5.62. The van der Waals surface area contributed by atoms with Crippen LogP contribution in [0.15, 0.2) is 40.8 Å². The maximum absolute atomic E-state index is 13.6. The Labute approximate surface area is 228 Å². The highest BCUT2D eigenvalue weighted by Gasteiger charge is 2.63. The minimum Gasteiger partial charge on any atom is -0.449 e. The molecule has 7 nitrogen and oxygen atoms in total. The SMILES string of the molecule is CC(C)c1cc(-c2ccc(F)cc2)nc2cc(C(=O)N3CCN(C(=O)[C@H]4C[C@@](O)(C(F)(F)F)C4)CC3(C)C)oc12. The van der Waals surface area contributed by atoms with Gasteiger partial charge in [-0.2, -0.15) is 13.2 Å². The smallest absolute Gasteiger partial charge is 0.417 e. The van der Waals surface area contributed by atoms with E-state index in [9.17, 15) is 32.3 Å². The highest BCUT2D eigenvalue weighted by molar-refractivity contribution is 5.97. The van der Waals surface area contributed by atoms with E-state index in [2.05, 4.69) is 4.98 Å². The zero-order chi connectivity index (χ0) is 29.2. The van der Waals surface area contributed by atoms with Gasteiger partial charge in [-0.15, -0.1) is 0 Å². The molecule has 0 radical (unpaired) electrons. The van der Waals surface area contributed by atoms with Gasteiger partial charge in [0.25, 0.3) is 5.91 Å². The zero-order valence-electron chi connectivity index (χ0n) is 22.7. The number of benzene rings is 1. The quantitative estimate of drug-likeness (QED) is 0.424. The third-order valence-electron chi connectivity index (χ3n) is 7.98. The Balaban J connectivity index is 1.35. The number of halogens is 4. The van der Waals surface area contributed by atoms with Gasteiger partial charge < -0.3 is 19.3 Å². The molecule has 1 aromatic carbocycles. The number of amides is 2. The number of alkyl halides is 3. The number of rotatable bonds is 4. The molecule has 2 aliphatic rings. The van der Waals surface area contributed by atoms with Crippen molar-refractivity contribution in [3.8, 4) is 11.3 Å². The lowest BCUT2D eigenvalue weighted by Gasteiger charge is -2.50. The average molecular weight is 562 g/mol. The van der Waals surface area contributed by atoms with Crippen LogP contribution in [0.4, 0.5) is 17.6 Å². The van der Waals surface area contributed by atoms with E-state index in [1.165, 1.54) is 17.0 Å². The minimum absolute atomic E-state index is 0.0475. The maximum atomic E-state index is 13.6. The molecule has 1 aliphatic carbocycles. The summed E-state index contributed by atoms with van der Waals surface area (Å²) in [6.45, 7) is 7.99. The number of aromatic nitrogens is 1. The van der Waals surface area contributed by atoms with Gasteiger partial charge in [0.2, 0.25) is 5.91 Å². The third-order valence-corrected chi connectivity index (χ3v) is 7.98. The van der Waals surface area contributed by atoms with Gasteiger partial charge in [-0.05, 0) is 62.9 Å². The molecule has 0 unspecified atom stereocenters. The van der Waals surface area contributed by atoms with Gasteiger partial charge in [-0.3, -0.25) is 9.59 Å².